The van der Waals surface area contributed by atoms with Crippen LogP contribution in [0.3, 0.4) is 0 Å². The molecule has 2 aromatic heterocycles. The standard InChI is InChI=1S/C13H15N5O3/c1-17(2)12(19)10-4-5-18(16-10)11-6-8(13(20)21-3)9(14)7-15-11/h4-7H,14H2,1-3H3. The van der Waals surface area contributed by atoms with E-state index in [4.69, 9.17) is 5.73 Å². The molecule has 0 aliphatic heterocycles. The van der Waals surface area contributed by atoms with Crippen LogP contribution in [0.5, 0.6) is 0 Å². The second-order valence-corrected chi connectivity index (χ2v) is 4.47. The van der Waals surface area contributed by atoms with Gasteiger partial charge in [-0.15, -0.1) is 0 Å². The molecule has 0 aromatic carbocycles. The highest BCUT2D eigenvalue weighted by molar-refractivity contribution is 5.95. The van der Waals surface area contributed by atoms with E-state index in [-0.39, 0.29) is 22.9 Å². The molecule has 0 saturated carbocycles. The molecule has 2 N–H and O–H groups in total. The minimum atomic E-state index is -0.562. The Bertz CT molecular complexity index is 693. The largest absolute Gasteiger partial charge is 0.465 e. The number of methoxy groups -OCH3 is 1. The number of carbonyl (C=O) groups excluding carboxylic acids is 2. The van der Waals surface area contributed by atoms with Crippen LogP contribution in [0.15, 0.2) is 24.5 Å². The van der Waals surface area contributed by atoms with Gasteiger partial charge in [0.05, 0.1) is 24.6 Å². The number of nitrogens with two attached hydrogens (primary N) is 1. The van der Waals surface area contributed by atoms with Gasteiger partial charge in [-0.05, 0) is 12.1 Å². The number of nitrogens with zero attached hydrogens (tertiary/aromatic N) is 4. The molecular weight excluding hydrogens is 274 g/mol. The summed E-state index contributed by atoms with van der Waals surface area (Å²) in [6, 6.07) is 3.02. The molecule has 2 heterocycles. The van der Waals surface area contributed by atoms with E-state index in [1.807, 2.05) is 0 Å². The lowest BCUT2D eigenvalue weighted by atomic mass is 10.2. The SMILES string of the molecule is COC(=O)c1cc(-n2ccc(C(=O)N(C)C)n2)ncc1N. The molecule has 2 rings (SSSR count). The number of carbonyl (C=O) groups is 2. The Morgan fingerprint density at radius 3 is 2.71 bits per heavy atom. The van der Waals surface area contributed by atoms with Crippen molar-refractivity contribution in [3.8, 4) is 5.82 Å². The monoisotopic (exact) mass is 289 g/mol. The Hall–Kier alpha value is -2.90. The van der Waals surface area contributed by atoms with E-state index in [0.717, 1.165) is 0 Å². The number of esters is 1. The molecule has 0 fully saturated rings. The van der Waals surface area contributed by atoms with Crippen molar-refractivity contribution in [2.45, 2.75) is 0 Å². The number of rotatable bonds is 3. The van der Waals surface area contributed by atoms with E-state index < -0.39 is 5.97 Å². The molecule has 8 heteroatoms. The molecule has 1 amide bonds. The number of pyridine rings is 1. The van der Waals surface area contributed by atoms with Crippen molar-refractivity contribution >= 4 is 17.6 Å². The number of anilines is 1. The van der Waals surface area contributed by atoms with Crippen LogP contribution < -0.4 is 5.73 Å². The maximum Gasteiger partial charge on any atom is 0.340 e. The van der Waals surface area contributed by atoms with Gasteiger partial charge in [0.25, 0.3) is 5.91 Å². The van der Waals surface area contributed by atoms with E-state index >= 15 is 0 Å². The third-order valence-electron chi connectivity index (χ3n) is 2.77. The summed E-state index contributed by atoms with van der Waals surface area (Å²) in [5, 5.41) is 4.13. The molecule has 0 bridgehead atoms. The quantitative estimate of drug-likeness (QED) is 0.817. The molecule has 0 unspecified atom stereocenters. The van der Waals surface area contributed by atoms with E-state index in [1.165, 1.54) is 29.0 Å². The van der Waals surface area contributed by atoms with Gasteiger partial charge in [0.15, 0.2) is 11.5 Å². The second-order valence-electron chi connectivity index (χ2n) is 4.47. The van der Waals surface area contributed by atoms with Crippen molar-refractivity contribution < 1.29 is 14.3 Å². The van der Waals surface area contributed by atoms with Gasteiger partial charge in [0.1, 0.15) is 0 Å². The maximum atomic E-state index is 11.8. The molecule has 0 aliphatic rings. The average Bonchev–Trinajstić information content (AvgIpc) is 2.95. The second kappa shape index (κ2) is 5.61. The van der Waals surface area contributed by atoms with Crippen molar-refractivity contribution in [1.29, 1.82) is 0 Å². The van der Waals surface area contributed by atoms with Gasteiger partial charge in [-0.25, -0.2) is 14.5 Å². The summed E-state index contributed by atoms with van der Waals surface area (Å²) in [4.78, 5) is 28.9. The minimum Gasteiger partial charge on any atom is -0.465 e. The molecule has 2 aromatic rings. The first-order valence-electron chi connectivity index (χ1n) is 6.05. The van der Waals surface area contributed by atoms with E-state index in [0.29, 0.717) is 5.82 Å². The van der Waals surface area contributed by atoms with Gasteiger partial charge in [-0.2, -0.15) is 5.10 Å². The zero-order chi connectivity index (χ0) is 15.6. The van der Waals surface area contributed by atoms with Crippen molar-refractivity contribution in [2.75, 3.05) is 26.9 Å². The first-order valence-corrected chi connectivity index (χ1v) is 6.05. The number of aromatic nitrogens is 3. The fourth-order valence-electron chi connectivity index (χ4n) is 1.66. The summed E-state index contributed by atoms with van der Waals surface area (Å²) in [5.74, 6) is -0.423. The van der Waals surface area contributed by atoms with Gasteiger partial charge in [-0.1, -0.05) is 0 Å². The molecule has 110 valence electrons. The summed E-state index contributed by atoms with van der Waals surface area (Å²) < 4.78 is 6.04. The van der Waals surface area contributed by atoms with E-state index in [9.17, 15) is 9.59 Å². The predicted molar refractivity (Wildman–Crippen MR) is 75.1 cm³/mol. The zero-order valence-electron chi connectivity index (χ0n) is 11.9. The maximum absolute atomic E-state index is 11.8. The third-order valence-corrected chi connectivity index (χ3v) is 2.77. The van der Waals surface area contributed by atoms with E-state index in [1.54, 1.807) is 26.4 Å². The highest BCUT2D eigenvalue weighted by Crippen LogP contribution is 2.15. The zero-order valence-corrected chi connectivity index (χ0v) is 11.9. The lowest BCUT2D eigenvalue weighted by molar-refractivity contribution is 0.0601. The van der Waals surface area contributed by atoms with Gasteiger partial charge in [0.2, 0.25) is 0 Å². The van der Waals surface area contributed by atoms with Crippen LogP contribution in [0.4, 0.5) is 5.69 Å². The topological polar surface area (TPSA) is 103 Å². The van der Waals surface area contributed by atoms with Crippen LogP contribution >= 0.6 is 0 Å². The summed E-state index contributed by atoms with van der Waals surface area (Å²) in [5.41, 5.74) is 6.36. The molecule has 0 radical (unpaired) electrons. The normalized spacial score (nSPS) is 10.2. The number of ether oxygens (including phenoxy) is 1. The Morgan fingerprint density at radius 2 is 2.10 bits per heavy atom. The number of hydrogen-bond acceptors (Lipinski definition) is 6. The van der Waals surface area contributed by atoms with Gasteiger partial charge >= 0.3 is 5.97 Å². The van der Waals surface area contributed by atoms with Crippen molar-refractivity contribution in [1.82, 2.24) is 19.7 Å². The molecule has 0 atom stereocenters. The number of hydrogen-bond donors (Lipinski definition) is 1. The molecule has 0 saturated heterocycles. The van der Waals surface area contributed by atoms with Gasteiger partial charge < -0.3 is 15.4 Å². The molecule has 8 nitrogen and oxygen atoms in total. The van der Waals surface area contributed by atoms with Crippen molar-refractivity contribution in [3.63, 3.8) is 0 Å². The molecule has 0 spiro atoms. The van der Waals surface area contributed by atoms with Gasteiger partial charge in [-0.3, -0.25) is 4.79 Å². The lowest BCUT2D eigenvalue weighted by Gasteiger charge is -2.08. The predicted octanol–water partition coefficient (Wildman–Crippen LogP) is 0.338. The summed E-state index contributed by atoms with van der Waals surface area (Å²) in [7, 11) is 4.54. The smallest absolute Gasteiger partial charge is 0.340 e. The Balaban J connectivity index is 2.39. The van der Waals surface area contributed by atoms with Crippen LogP contribution in [0.25, 0.3) is 5.82 Å². The van der Waals surface area contributed by atoms with Crippen LogP contribution in [0, 0.1) is 0 Å². The third kappa shape index (κ3) is 2.83. The molecule has 21 heavy (non-hydrogen) atoms. The highest BCUT2D eigenvalue weighted by atomic mass is 16.5. The Morgan fingerprint density at radius 1 is 1.38 bits per heavy atom. The first-order chi connectivity index (χ1) is 9.93. The van der Waals surface area contributed by atoms with Crippen molar-refractivity contribution in [2.24, 2.45) is 0 Å². The van der Waals surface area contributed by atoms with Crippen LogP contribution in [0.1, 0.15) is 20.8 Å². The lowest BCUT2D eigenvalue weighted by Crippen LogP contribution is -2.22. The van der Waals surface area contributed by atoms with Crippen LogP contribution in [-0.2, 0) is 4.74 Å². The van der Waals surface area contributed by atoms with Crippen LogP contribution in [0.2, 0.25) is 0 Å². The summed E-state index contributed by atoms with van der Waals surface area (Å²) >= 11 is 0. The number of nitrogen functional groups attached to an aromatic ring is 1. The fraction of sp³-hybridized carbons (Fsp3) is 0.231. The Kier molecular flexibility index (Phi) is 3.88. The van der Waals surface area contributed by atoms with Gasteiger partial charge in [0, 0.05) is 20.3 Å². The highest BCUT2D eigenvalue weighted by Gasteiger charge is 2.15. The summed E-state index contributed by atoms with van der Waals surface area (Å²) in [6.07, 6.45) is 2.92. The minimum absolute atomic E-state index is 0.193. The van der Waals surface area contributed by atoms with E-state index in [2.05, 4.69) is 14.8 Å². The average molecular weight is 289 g/mol. The Labute approximate surface area is 121 Å². The number of amides is 1. The van der Waals surface area contributed by atoms with Crippen molar-refractivity contribution in [3.05, 3.63) is 35.8 Å². The molecular formula is C13H15N5O3. The fourth-order valence-corrected chi connectivity index (χ4v) is 1.66. The first kappa shape index (κ1) is 14.5. The van der Waals surface area contributed by atoms with Crippen LogP contribution in [-0.4, -0.2) is 52.7 Å². The molecule has 0 aliphatic carbocycles. The summed E-state index contributed by atoms with van der Waals surface area (Å²) in [6.45, 7) is 0.